The van der Waals surface area contributed by atoms with Crippen molar-refractivity contribution in [2.75, 3.05) is 33.3 Å². The van der Waals surface area contributed by atoms with E-state index in [1.807, 2.05) is 18.2 Å². The molecular formula is C24H30F7N3O6. The van der Waals surface area contributed by atoms with Crippen molar-refractivity contribution in [2.45, 2.75) is 62.3 Å². The number of carbonyl (C=O) groups is 3. The molecule has 4 rings (SSSR count). The highest BCUT2D eigenvalue weighted by Crippen LogP contribution is 2.43. The molecule has 3 heterocycles. The second kappa shape index (κ2) is 13.1. The molecule has 0 radical (unpaired) electrons. The van der Waals surface area contributed by atoms with E-state index < -0.39 is 30.0 Å². The van der Waals surface area contributed by atoms with Crippen molar-refractivity contribution < 1.29 is 60.1 Å². The van der Waals surface area contributed by atoms with Gasteiger partial charge >= 0.3 is 24.3 Å². The van der Waals surface area contributed by atoms with E-state index in [2.05, 4.69) is 16.9 Å². The summed E-state index contributed by atoms with van der Waals surface area (Å²) < 4.78 is 83.8. The number of amides is 1. The molecule has 1 amide bonds. The number of carbonyl (C=O) groups excluding carboxylic acids is 1. The van der Waals surface area contributed by atoms with Crippen LogP contribution in [0.1, 0.15) is 37.8 Å². The summed E-state index contributed by atoms with van der Waals surface area (Å²) in [5.41, 5.74) is -0.614. The highest BCUT2D eigenvalue weighted by molar-refractivity contribution is 5.87. The smallest absolute Gasteiger partial charge is 0.475 e. The minimum absolute atomic E-state index is 0.00698. The predicted octanol–water partition coefficient (Wildman–Crippen LogP) is 3.68. The van der Waals surface area contributed by atoms with Crippen LogP contribution in [0.15, 0.2) is 24.4 Å². The first-order valence-corrected chi connectivity index (χ1v) is 12.2. The molecule has 1 saturated carbocycles. The number of piperidine rings is 1. The number of nitrogens with zero attached hydrogens (tertiary/aromatic N) is 3. The van der Waals surface area contributed by atoms with Crippen LogP contribution < -0.4 is 0 Å². The summed E-state index contributed by atoms with van der Waals surface area (Å²) in [5.74, 6) is -5.31. The van der Waals surface area contributed by atoms with Crippen LogP contribution in [0.25, 0.3) is 0 Å². The van der Waals surface area contributed by atoms with Gasteiger partial charge in [0.1, 0.15) is 0 Å². The SMILES string of the molecule is CN1CCC(COCc2ccccn2)CC12CN(C(=O)C1(F)CCC1)C2.O=C(O)C(F)(F)F.O=C(O)C(F)(F)F. The maximum Gasteiger partial charge on any atom is 0.490 e. The Morgan fingerprint density at radius 3 is 2.02 bits per heavy atom. The zero-order chi connectivity index (χ0) is 30.4. The Hall–Kier alpha value is -3.01. The van der Waals surface area contributed by atoms with Crippen LogP contribution in [0, 0.1) is 5.92 Å². The van der Waals surface area contributed by atoms with Gasteiger partial charge in [0.15, 0.2) is 5.67 Å². The minimum Gasteiger partial charge on any atom is -0.475 e. The zero-order valence-corrected chi connectivity index (χ0v) is 21.5. The van der Waals surface area contributed by atoms with Gasteiger partial charge in [0, 0.05) is 19.3 Å². The molecule has 1 aromatic rings. The Morgan fingerprint density at radius 2 is 1.60 bits per heavy atom. The molecule has 0 bridgehead atoms. The van der Waals surface area contributed by atoms with Crippen LogP contribution in [-0.4, -0.2) is 99.7 Å². The van der Waals surface area contributed by atoms with Gasteiger partial charge in [-0.05, 0) is 63.7 Å². The van der Waals surface area contributed by atoms with Crippen molar-refractivity contribution in [2.24, 2.45) is 5.92 Å². The maximum atomic E-state index is 14.4. The molecule has 0 aromatic carbocycles. The summed E-state index contributed by atoms with van der Waals surface area (Å²) in [4.78, 5) is 38.5. The molecule has 1 aliphatic carbocycles. The van der Waals surface area contributed by atoms with E-state index in [1.165, 1.54) is 0 Å². The third-order valence-electron chi connectivity index (χ3n) is 6.95. The fourth-order valence-electron chi connectivity index (χ4n) is 4.53. The lowest BCUT2D eigenvalue weighted by Crippen LogP contribution is -2.74. The van der Waals surface area contributed by atoms with Gasteiger partial charge < -0.3 is 19.8 Å². The molecular weight excluding hydrogens is 559 g/mol. The van der Waals surface area contributed by atoms with E-state index in [0.29, 0.717) is 45.1 Å². The van der Waals surface area contributed by atoms with Gasteiger partial charge in [-0.15, -0.1) is 0 Å². The van der Waals surface area contributed by atoms with Crippen LogP contribution in [0.5, 0.6) is 0 Å². The van der Waals surface area contributed by atoms with Crippen molar-refractivity contribution in [1.29, 1.82) is 0 Å². The molecule has 226 valence electrons. The first kappa shape index (κ1) is 33.2. The van der Waals surface area contributed by atoms with Gasteiger partial charge in [-0.3, -0.25) is 14.7 Å². The van der Waals surface area contributed by atoms with Crippen LogP contribution in [0.3, 0.4) is 0 Å². The number of carboxylic acid groups (broad SMARTS) is 2. The number of alkyl halides is 7. The second-order valence-electron chi connectivity index (χ2n) is 9.93. The summed E-state index contributed by atoms with van der Waals surface area (Å²) in [7, 11) is 2.13. The van der Waals surface area contributed by atoms with Crippen molar-refractivity contribution in [3.8, 4) is 0 Å². The highest BCUT2D eigenvalue weighted by atomic mass is 19.4. The molecule has 40 heavy (non-hydrogen) atoms. The first-order chi connectivity index (χ1) is 18.4. The van der Waals surface area contributed by atoms with Gasteiger partial charge in [0.05, 0.1) is 24.4 Å². The van der Waals surface area contributed by atoms with Crippen molar-refractivity contribution in [1.82, 2.24) is 14.8 Å². The van der Waals surface area contributed by atoms with E-state index in [4.69, 9.17) is 24.5 Å². The molecule has 1 spiro atoms. The summed E-state index contributed by atoms with van der Waals surface area (Å²) in [6.45, 7) is 3.57. The van der Waals surface area contributed by atoms with Crippen LogP contribution in [0.2, 0.25) is 0 Å². The number of pyridine rings is 1. The first-order valence-electron chi connectivity index (χ1n) is 12.2. The van der Waals surface area contributed by atoms with E-state index >= 15 is 0 Å². The molecule has 3 aliphatic rings. The predicted molar refractivity (Wildman–Crippen MR) is 124 cm³/mol. The Morgan fingerprint density at radius 1 is 1.05 bits per heavy atom. The van der Waals surface area contributed by atoms with Gasteiger partial charge in [-0.1, -0.05) is 6.07 Å². The lowest BCUT2D eigenvalue weighted by atomic mass is 9.73. The van der Waals surface area contributed by atoms with E-state index in [1.54, 1.807) is 11.1 Å². The molecule has 2 N–H and O–H groups in total. The third-order valence-corrected chi connectivity index (χ3v) is 6.95. The topological polar surface area (TPSA) is 120 Å². The van der Waals surface area contributed by atoms with Crippen molar-refractivity contribution in [3.63, 3.8) is 0 Å². The average molecular weight is 590 g/mol. The number of ether oxygens (including phenoxy) is 1. The fourth-order valence-corrected chi connectivity index (χ4v) is 4.53. The number of rotatable bonds is 5. The number of carboxylic acids is 2. The monoisotopic (exact) mass is 589 g/mol. The molecule has 1 aromatic heterocycles. The minimum atomic E-state index is -5.08. The van der Waals surface area contributed by atoms with Crippen LogP contribution in [0.4, 0.5) is 30.7 Å². The molecule has 3 fully saturated rings. The van der Waals surface area contributed by atoms with Crippen molar-refractivity contribution in [3.05, 3.63) is 30.1 Å². The van der Waals surface area contributed by atoms with Gasteiger partial charge in [-0.25, -0.2) is 14.0 Å². The second-order valence-corrected chi connectivity index (χ2v) is 9.93. The Labute approximate surface area is 224 Å². The quantitative estimate of drug-likeness (QED) is 0.500. The molecule has 9 nitrogen and oxygen atoms in total. The standard InChI is InChI=1S/C20H28FN3O2.2C2HF3O2/c1-23-10-6-16(12-26-13-17-5-2-3-9-22-17)11-19(23)14-24(15-19)18(25)20(21)7-4-8-20;2*3-2(4,5)1(6)7/h2-3,5,9,16H,4,6-8,10-15H2,1H3;2*(H,6,7). The highest BCUT2D eigenvalue weighted by Gasteiger charge is 2.56. The number of hydrogen-bond donors (Lipinski definition) is 2. The molecule has 1 atom stereocenters. The molecule has 2 saturated heterocycles. The molecule has 1 unspecified atom stereocenters. The Balaban J connectivity index is 0.000000333. The molecule has 2 aliphatic heterocycles. The summed E-state index contributed by atoms with van der Waals surface area (Å²) >= 11 is 0. The Kier molecular flexibility index (Phi) is 10.9. The number of likely N-dealkylation sites (N-methyl/N-ethyl adjacent to an activating group) is 1. The van der Waals surface area contributed by atoms with E-state index in [0.717, 1.165) is 31.5 Å². The number of aliphatic carboxylic acids is 2. The molecule has 16 heteroatoms. The normalized spacial score (nSPS) is 21.5. The zero-order valence-electron chi connectivity index (χ0n) is 21.5. The fraction of sp³-hybridized carbons (Fsp3) is 0.667. The number of hydrogen-bond acceptors (Lipinski definition) is 6. The van der Waals surface area contributed by atoms with Crippen molar-refractivity contribution >= 4 is 17.8 Å². The van der Waals surface area contributed by atoms with E-state index in [-0.39, 0.29) is 11.4 Å². The summed E-state index contributed by atoms with van der Waals surface area (Å²) in [6.07, 6.45) is -4.65. The number of halogens is 7. The van der Waals surface area contributed by atoms with Crippen LogP contribution >= 0.6 is 0 Å². The largest absolute Gasteiger partial charge is 0.490 e. The maximum absolute atomic E-state index is 14.4. The van der Waals surface area contributed by atoms with Crippen LogP contribution in [-0.2, 0) is 25.7 Å². The third kappa shape index (κ3) is 9.01. The number of likely N-dealkylation sites (tertiary alicyclic amines) is 2. The average Bonchev–Trinajstić information content (AvgIpc) is 2.82. The number of aromatic nitrogens is 1. The summed E-state index contributed by atoms with van der Waals surface area (Å²) in [5, 5.41) is 14.2. The van der Waals surface area contributed by atoms with Gasteiger partial charge in [-0.2, -0.15) is 26.3 Å². The van der Waals surface area contributed by atoms with Gasteiger partial charge in [0.2, 0.25) is 0 Å². The lowest BCUT2D eigenvalue weighted by molar-refractivity contribution is -0.193. The van der Waals surface area contributed by atoms with E-state index in [9.17, 15) is 35.5 Å². The summed E-state index contributed by atoms with van der Waals surface area (Å²) in [6, 6.07) is 5.84. The Bertz CT molecular complexity index is 988. The lowest BCUT2D eigenvalue weighted by Gasteiger charge is -2.59. The van der Waals surface area contributed by atoms with Gasteiger partial charge in [0.25, 0.3) is 5.91 Å².